The van der Waals surface area contributed by atoms with Gasteiger partial charge in [0.1, 0.15) is 0 Å². The topological polar surface area (TPSA) is 75.6 Å². The molecule has 2 aromatic carbocycles. The van der Waals surface area contributed by atoms with Gasteiger partial charge in [-0.15, -0.1) is 0 Å². The van der Waals surface area contributed by atoms with Crippen LogP contribution in [0.4, 0.5) is 11.4 Å². The van der Waals surface area contributed by atoms with Gasteiger partial charge in [-0.3, -0.25) is 0 Å². The zero-order chi connectivity index (χ0) is 15.2. The molecule has 0 atom stereocenters. The van der Waals surface area contributed by atoms with E-state index in [1.807, 2.05) is 0 Å². The van der Waals surface area contributed by atoms with Crippen molar-refractivity contribution >= 4 is 23.3 Å². The maximum absolute atomic E-state index is 11.5. The summed E-state index contributed by atoms with van der Waals surface area (Å²) in [6, 6.07) is 13.3. The van der Waals surface area contributed by atoms with Gasteiger partial charge in [0.2, 0.25) is 0 Å². The lowest BCUT2D eigenvalue weighted by atomic mass is 10.1. The van der Waals surface area contributed by atoms with Gasteiger partial charge in [-0.25, -0.2) is 9.59 Å². The highest BCUT2D eigenvalue weighted by Gasteiger charge is 2.06. The Kier molecular flexibility index (Phi) is 4.56. The van der Waals surface area contributed by atoms with E-state index in [0.717, 1.165) is 5.69 Å². The summed E-state index contributed by atoms with van der Waals surface area (Å²) < 4.78 is 4.90. The van der Waals surface area contributed by atoms with Crippen LogP contribution in [0.3, 0.4) is 0 Å². The lowest BCUT2D eigenvalue weighted by Gasteiger charge is -2.08. The second-order valence-electron chi connectivity index (χ2n) is 4.31. The lowest BCUT2D eigenvalue weighted by molar-refractivity contribution is 0.0526. The molecule has 0 heterocycles. The van der Waals surface area contributed by atoms with Crippen molar-refractivity contribution in [3.05, 3.63) is 59.7 Å². The summed E-state index contributed by atoms with van der Waals surface area (Å²) in [6.07, 6.45) is 0. The highest BCUT2D eigenvalue weighted by atomic mass is 16.5. The fourth-order valence-electron chi connectivity index (χ4n) is 1.80. The molecule has 2 aromatic rings. The van der Waals surface area contributed by atoms with Crippen LogP contribution in [0.2, 0.25) is 0 Å². The third-order valence-electron chi connectivity index (χ3n) is 2.79. The number of esters is 1. The molecule has 108 valence electrons. The number of carbonyl (C=O) groups is 2. The molecule has 0 saturated carbocycles. The molecule has 0 bridgehead atoms. The quantitative estimate of drug-likeness (QED) is 0.824. The molecule has 5 nitrogen and oxygen atoms in total. The largest absolute Gasteiger partial charge is 0.478 e. The van der Waals surface area contributed by atoms with Gasteiger partial charge in [-0.2, -0.15) is 0 Å². The molecule has 2 rings (SSSR count). The lowest BCUT2D eigenvalue weighted by Crippen LogP contribution is -2.04. The van der Waals surface area contributed by atoms with Crippen LogP contribution in [0.15, 0.2) is 48.5 Å². The van der Waals surface area contributed by atoms with E-state index in [-0.39, 0.29) is 11.5 Å². The molecule has 5 heteroatoms. The van der Waals surface area contributed by atoms with Gasteiger partial charge in [-0.05, 0) is 49.4 Å². The average Bonchev–Trinajstić information content (AvgIpc) is 2.48. The number of carbonyl (C=O) groups excluding carboxylic acids is 1. The van der Waals surface area contributed by atoms with Gasteiger partial charge in [0, 0.05) is 11.4 Å². The van der Waals surface area contributed by atoms with Gasteiger partial charge in [0.25, 0.3) is 0 Å². The molecule has 21 heavy (non-hydrogen) atoms. The van der Waals surface area contributed by atoms with Crippen molar-refractivity contribution < 1.29 is 19.4 Å². The second kappa shape index (κ2) is 6.56. The number of rotatable bonds is 5. The van der Waals surface area contributed by atoms with Crippen molar-refractivity contribution in [1.82, 2.24) is 0 Å². The maximum Gasteiger partial charge on any atom is 0.338 e. The summed E-state index contributed by atoms with van der Waals surface area (Å²) in [5, 5.41) is 12.0. The summed E-state index contributed by atoms with van der Waals surface area (Å²) in [5.74, 6) is -1.34. The molecule has 0 amide bonds. The van der Waals surface area contributed by atoms with Crippen molar-refractivity contribution in [3.63, 3.8) is 0 Å². The standard InChI is InChI=1S/C16H15NO4/c1-2-21-16(20)11-6-8-13(9-7-11)17-14-5-3-4-12(10-14)15(18)19/h3-10,17H,2H2,1H3,(H,18,19). The van der Waals surface area contributed by atoms with E-state index >= 15 is 0 Å². The molecule has 2 N–H and O–H groups in total. The fraction of sp³-hybridized carbons (Fsp3) is 0.125. The summed E-state index contributed by atoms with van der Waals surface area (Å²) in [4.78, 5) is 22.4. The first-order valence-electron chi connectivity index (χ1n) is 6.47. The van der Waals surface area contributed by atoms with E-state index in [9.17, 15) is 9.59 Å². The van der Waals surface area contributed by atoms with Crippen molar-refractivity contribution in [1.29, 1.82) is 0 Å². The molecule has 0 aromatic heterocycles. The minimum atomic E-state index is -0.976. The first-order valence-corrected chi connectivity index (χ1v) is 6.47. The van der Waals surface area contributed by atoms with Crippen molar-refractivity contribution in [2.24, 2.45) is 0 Å². The molecule has 0 aliphatic rings. The normalized spacial score (nSPS) is 9.95. The van der Waals surface area contributed by atoms with E-state index < -0.39 is 5.97 Å². The van der Waals surface area contributed by atoms with Gasteiger partial charge in [-0.1, -0.05) is 6.07 Å². The van der Waals surface area contributed by atoms with Gasteiger partial charge in [0.05, 0.1) is 17.7 Å². The van der Waals surface area contributed by atoms with E-state index in [4.69, 9.17) is 9.84 Å². The first-order chi connectivity index (χ1) is 10.1. The number of anilines is 2. The highest BCUT2D eigenvalue weighted by Crippen LogP contribution is 2.18. The zero-order valence-electron chi connectivity index (χ0n) is 11.5. The molecular weight excluding hydrogens is 270 g/mol. The molecule has 0 radical (unpaired) electrons. The smallest absolute Gasteiger partial charge is 0.338 e. The molecular formula is C16H15NO4. The van der Waals surface area contributed by atoms with Crippen LogP contribution in [0, 0.1) is 0 Å². The first kappa shape index (κ1) is 14.6. The number of carboxylic acid groups (broad SMARTS) is 1. The molecule has 0 saturated heterocycles. The van der Waals surface area contributed by atoms with Crippen molar-refractivity contribution in [2.45, 2.75) is 6.92 Å². The Labute approximate surface area is 122 Å². The fourth-order valence-corrected chi connectivity index (χ4v) is 1.80. The van der Waals surface area contributed by atoms with E-state index in [1.165, 1.54) is 6.07 Å². The Balaban J connectivity index is 2.11. The number of aromatic carboxylic acids is 1. The number of benzene rings is 2. The monoisotopic (exact) mass is 285 g/mol. The zero-order valence-corrected chi connectivity index (χ0v) is 11.5. The molecule has 0 fully saturated rings. The second-order valence-corrected chi connectivity index (χ2v) is 4.31. The van der Waals surface area contributed by atoms with E-state index in [1.54, 1.807) is 49.4 Å². The molecule has 0 aliphatic heterocycles. The summed E-state index contributed by atoms with van der Waals surface area (Å²) >= 11 is 0. The Hall–Kier alpha value is -2.82. The van der Waals surface area contributed by atoms with Crippen LogP contribution in [0.1, 0.15) is 27.6 Å². The summed E-state index contributed by atoms with van der Waals surface area (Å²) in [6.45, 7) is 2.09. The van der Waals surface area contributed by atoms with Crippen LogP contribution < -0.4 is 5.32 Å². The molecule has 0 aliphatic carbocycles. The molecule has 0 unspecified atom stereocenters. The number of hydrogen-bond donors (Lipinski definition) is 2. The van der Waals surface area contributed by atoms with Gasteiger partial charge < -0.3 is 15.2 Å². The Morgan fingerprint density at radius 3 is 2.38 bits per heavy atom. The van der Waals surface area contributed by atoms with Crippen LogP contribution in [0.5, 0.6) is 0 Å². The minimum Gasteiger partial charge on any atom is -0.478 e. The third-order valence-corrected chi connectivity index (χ3v) is 2.79. The summed E-state index contributed by atoms with van der Waals surface area (Å²) in [7, 11) is 0. The third kappa shape index (κ3) is 3.82. The number of ether oxygens (including phenoxy) is 1. The van der Waals surface area contributed by atoms with Gasteiger partial charge in [0.15, 0.2) is 0 Å². The molecule has 0 spiro atoms. The highest BCUT2D eigenvalue weighted by molar-refractivity contribution is 5.90. The minimum absolute atomic E-state index is 0.211. The van der Waals surface area contributed by atoms with Crippen LogP contribution >= 0.6 is 0 Å². The van der Waals surface area contributed by atoms with Crippen LogP contribution in [-0.2, 0) is 4.74 Å². The maximum atomic E-state index is 11.5. The average molecular weight is 285 g/mol. The Morgan fingerprint density at radius 1 is 1.05 bits per heavy atom. The predicted molar refractivity (Wildman–Crippen MR) is 79.1 cm³/mol. The number of nitrogens with one attached hydrogen (secondary N) is 1. The van der Waals surface area contributed by atoms with Crippen molar-refractivity contribution in [2.75, 3.05) is 11.9 Å². The Bertz CT molecular complexity index is 650. The predicted octanol–water partition coefficient (Wildman–Crippen LogP) is 3.31. The van der Waals surface area contributed by atoms with E-state index in [2.05, 4.69) is 5.32 Å². The number of hydrogen-bond acceptors (Lipinski definition) is 4. The van der Waals surface area contributed by atoms with Crippen LogP contribution in [0.25, 0.3) is 0 Å². The Morgan fingerprint density at radius 2 is 1.76 bits per heavy atom. The van der Waals surface area contributed by atoms with E-state index in [0.29, 0.717) is 17.9 Å². The summed E-state index contributed by atoms with van der Waals surface area (Å²) in [5.41, 5.74) is 2.11. The number of carboxylic acids is 1. The van der Waals surface area contributed by atoms with Crippen LogP contribution in [-0.4, -0.2) is 23.7 Å². The van der Waals surface area contributed by atoms with Gasteiger partial charge >= 0.3 is 11.9 Å². The van der Waals surface area contributed by atoms with Crippen molar-refractivity contribution in [3.8, 4) is 0 Å². The SMILES string of the molecule is CCOC(=O)c1ccc(Nc2cccc(C(=O)O)c2)cc1.